The van der Waals surface area contributed by atoms with Gasteiger partial charge in [-0.15, -0.1) is 0 Å². The van der Waals surface area contributed by atoms with Crippen LogP contribution in [0.15, 0.2) is 48.7 Å². The SMILES string of the molecule is O=C(O)c1cc(-c2c[nH]c3ccc(C4CC4)cc23)nc2cc(F)ccc12. The summed E-state index contributed by atoms with van der Waals surface area (Å²) in [4.78, 5) is 19.5. The summed E-state index contributed by atoms with van der Waals surface area (Å²) in [6.45, 7) is 0. The predicted octanol–water partition coefficient (Wildman–Crippen LogP) is 5.10. The van der Waals surface area contributed by atoms with Crippen LogP contribution in [0.25, 0.3) is 33.1 Å². The van der Waals surface area contributed by atoms with Gasteiger partial charge in [-0.2, -0.15) is 0 Å². The predicted molar refractivity (Wildman–Crippen MR) is 97.9 cm³/mol. The third kappa shape index (κ3) is 2.36. The van der Waals surface area contributed by atoms with Gasteiger partial charge in [0, 0.05) is 34.1 Å². The van der Waals surface area contributed by atoms with Crippen LogP contribution in [-0.4, -0.2) is 21.0 Å². The smallest absolute Gasteiger partial charge is 0.336 e. The summed E-state index contributed by atoms with van der Waals surface area (Å²) in [5.74, 6) is -0.868. The molecule has 0 aliphatic heterocycles. The number of aromatic nitrogens is 2. The van der Waals surface area contributed by atoms with Gasteiger partial charge in [-0.25, -0.2) is 14.2 Å². The molecule has 1 saturated carbocycles. The average molecular weight is 346 g/mol. The first-order chi connectivity index (χ1) is 12.6. The van der Waals surface area contributed by atoms with E-state index in [0.29, 0.717) is 22.5 Å². The topological polar surface area (TPSA) is 66.0 Å². The van der Waals surface area contributed by atoms with Crippen LogP contribution in [0.2, 0.25) is 0 Å². The van der Waals surface area contributed by atoms with Crippen LogP contribution < -0.4 is 0 Å². The number of carboxylic acids is 1. The van der Waals surface area contributed by atoms with Crippen molar-refractivity contribution in [3.63, 3.8) is 0 Å². The number of nitrogens with one attached hydrogen (secondary N) is 1. The standard InChI is InChI=1S/C21H15FN2O2/c22-13-4-5-14-16(21(25)26)9-20(24-19(14)8-13)17-10-23-18-6-3-12(7-15(17)18)11-1-2-11/h3-11,23H,1-2H2,(H,25,26). The molecule has 0 saturated heterocycles. The summed E-state index contributed by atoms with van der Waals surface area (Å²) in [5.41, 5.74) is 4.09. The van der Waals surface area contributed by atoms with Crippen molar-refractivity contribution in [2.75, 3.05) is 0 Å². The van der Waals surface area contributed by atoms with Crippen molar-refractivity contribution in [1.29, 1.82) is 0 Å². The number of aromatic amines is 1. The van der Waals surface area contributed by atoms with Gasteiger partial charge < -0.3 is 10.1 Å². The lowest BCUT2D eigenvalue weighted by Crippen LogP contribution is -2.00. The zero-order valence-corrected chi connectivity index (χ0v) is 13.8. The van der Waals surface area contributed by atoms with Crippen LogP contribution >= 0.6 is 0 Å². The number of halogens is 1. The van der Waals surface area contributed by atoms with Crippen LogP contribution in [0.4, 0.5) is 4.39 Å². The first-order valence-corrected chi connectivity index (χ1v) is 8.55. The minimum Gasteiger partial charge on any atom is -0.478 e. The zero-order valence-electron chi connectivity index (χ0n) is 13.8. The van der Waals surface area contributed by atoms with E-state index in [9.17, 15) is 14.3 Å². The van der Waals surface area contributed by atoms with Gasteiger partial charge in [0.1, 0.15) is 5.82 Å². The number of aromatic carboxylic acids is 1. The van der Waals surface area contributed by atoms with Crippen LogP contribution in [0.1, 0.15) is 34.7 Å². The number of pyridine rings is 1. The number of fused-ring (bicyclic) bond motifs is 2. The summed E-state index contributed by atoms with van der Waals surface area (Å²) in [7, 11) is 0. The van der Waals surface area contributed by atoms with Crippen molar-refractivity contribution < 1.29 is 14.3 Å². The fraction of sp³-hybridized carbons (Fsp3) is 0.143. The number of nitrogens with zero attached hydrogens (tertiary/aromatic N) is 1. The molecule has 0 amide bonds. The number of rotatable bonds is 3. The Hall–Kier alpha value is -3.21. The third-order valence-electron chi connectivity index (χ3n) is 5.03. The van der Waals surface area contributed by atoms with Crippen LogP contribution in [0, 0.1) is 5.82 Å². The van der Waals surface area contributed by atoms with Crippen molar-refractivity contribution in [3.05, 3.63) is 65.6 Å². The van der Waals surface area contributed by atoms with Crippen molar-refractivity contribution in [1.82, 2.24) is 9.97 Å². The molecule has 0 unspecified atom stereocenters. The maximum Gasteiger partial charge on any atom is 0.336 e. The second kappa shape index (κ2) is 5.39. The van der Waals surface area contributed by atoms with E-state index < -0.39 is 11.8 Å². The molecule has 2 aromatic carbocycles. The van der Waals surface area contributed by atoms with E-state index >= 15 is 0 Å². The van der Waals surface area contributed by atoms with E-state index in [1.807, 2.05) is 12.3 Å². The molecule has 5 rings (SSSR count). The molecular formula is C21H15FN2O2. The van der Waals surface area contributed by atoms with Crippen LogP contribution in [0.5, 0.6) is 0 Å². The van der Waals surface area contributed by atoms with Gasteiger partial charge in [-0.1, -0.05) is 6.07 Å². The highest BCUT2D eigenvalue weighted by molar-refractivity contribution is 6.05. The van der Waals surface area contributed by atoms with Crippen molar-refractivity contribution in [2.24, 2.45) is 0 Å². The molecule has 0 atom stereocenters. The molecule has 26 heavy (non-hydrogen) atoms. The van der Waals surface area contributed by atoms with E-state index in [2.05, 4.69) is 22.1 Å². The molecule has 4 nitrogen and oxygen atoms in total. The molecule has 2 heterocycles. The van der Waals surface area contributed by atoms with E-state index in [1.165, 1.54) is 36.6 Å². The fourth-order valence-corrected chi connectivity index (χ4v) is 3.54. The summed E-state index contributed by atoms with van der Waals surface area (Å²) in [5, 5.41) is 11.0. The highest BCUT2D eigenvalue weighted by atomic mass is 19.1. The lowest BCUT2D eigenvalue weighted by atomic mass is 10.0. The highest BCUT2D eigenvalue weighted by Crippen LogP contribution is 2.42. The Labute approximate surface area is 148 Å². The normalized spacial score (nSPS) is 14.2. The molecule has 1 aliphatic carbocycles. The Morgan fingerprint density at radius 3 is 2.73 bits per heavy atom. The van der Waals surface area contributed by atoms with E-state index in [4.69, 9.17) is 0 Å². The molecule has 2 aromatic heterocycles. The van der Waals surface area contributed by atoms with E-state index in [-0.39, 0.29) is 5.56 Å². The third-order valence-corrected chi connectivity index (χ3v) is 5.03. The first kappa shape index (κ1) is 15.1. The number of benzene rings is 2. The number of carbonyl (C=O) groups is 1. The molecule has 1 fully saturated rings. The maximum atomic E-state index is 13.7. The van der Waals surface area contributed by atoms with E-state index in [0.717, 1.165) is 16.5 Å². The van der Waals surface area contributed by atoms with Crippen LogP contribution in [-0.2, 0) is 0 Å². The Morgan fingerprint density at radius 2 is 1.96 bits per heavy atom. The first-order valence-electron chi connectivity index (χ1n) is 8.55. The average Bonchev–Trinajstić information content (AvgIpc) is 3.39. The van der Waals surface area contributed by atoms with Crippen molar-refractivity contribution >= 4 is 27.8 Å². The number of hydrogen-bond acceptors (Lipinski definition) is 2. The van der Waals surface area contributed by atoms with Crippen molar-refractivity contribution in [3.8, 4) is 11.3 Å². The fourth-order valence-electron chi connectivity index (χ4n) is 3.54. The second-order valence-electron chi connectivity index (χ2n) is 6.80. The molecular weight excluding hydrogens is 331 g/mol. The Morgan fingerprint density at radius 1 is 1.12 bits per heavy atom. The molecule has 2 N–H and O–H groups in total. The molecule has 0 spiro atoms. The van der Waals surface area contributed by atoms with Crippen LogP contribution in [0.3, 0.4) is 0 Å². The lowest BCUT2D eigenvalue weighted by Gasteiger charge is -2.07. The Bertz CT molecular complexity index is 1190. The van der Waals surface area contributed by atoms with Gasteiger partial charge in [0.15, 0.2) is 0 Å². The monoisotopic (exact) mass is 346 g/mol. The summed E-state index contributed by atoms with van der Waals surface area (Å²) in [6, 6.07) is 11.9. The zero-order chi connectivity index (χ0) is 17.8. The molecule has 5 heteroatoms. The van der Waals surface area contributed by atoms with Gasteiger partial charge in [0.2, 0.25) is 0 Å². The molecule has 128 valence electrons. The van der Waals surface area contributed by atoms with Crippen molar-refractivity contribution in [2.45, 2.75) is 18.8 Å². The summed E-state index contributed by atoms with van der Waals surface area (Å²) >= 11 is 0. The highest BCUT2D eigenvalue weighted by Gasteiger charge is 2.24. The van der Waals surface area contributed by atoms with Gasteiger partial charge in [0.25, 0.3) is 0 Å². The van der Waals surface area contributed by atoms with Gasteiger partial charge in [0.05, 0.1) is 16.8 Å². The lowest BCUT2D eigenvalue weighted by molar-refractivity contribution is 0.0699. The number of hydrogen-bond donors (Lipinski definition) is 2. The number of H-pyrrole nitrogens is 1. The summed E-state index contributed by atoms with van der Waals surface area (Å²) < 4.78 is 13.7. The van der Waals surface area contributed by atoms with Gasteiger partial charge >= 0.3 is 5.97 Å². The Kier molecular flexibility index (Phi) is 3.13. The molecule has 0 radical (unpaired) electrons. The van der Waals surface area contributed by atoms with Gasteiger partial charge in [-0.3, -0.25) is 0 Å². The quantitative estimate of drug-likeness (QED) is 0.542. The van der Waals surface area contributed by atoms with E-state index in [1.54, 1.807) is 6.07 Å². The largest absolute Gasteiger partial charge is 0.478 e. The minimum atomic E-state index is -1.05. The molecule has 1 aliphatic rings. The Balaban J connectivity index is 1.77. The second-order valence-corrected chi connectivity index (χ2v) is 6.80. The van der Waals surface area contributed by atoms with Gasteiger partial charge in [-0.05, 0) is 54.7 Å². The summed E-state index contributed by atoms with van der Waals surface area (Å²) in [6.07, 6.45) is 4.25. The molecule has 4 aromatic rings. The number of carboxylic acid groups (broad SMARTS) is 1. The minimum absolute atomic E-state index is 0.123. The maximum absolute atomic E-state index is 13.7. The molecule has 0 bridgehead atoms.